The lowest BCUT2D eigenvalue weighted by Crippen LogP contribution is -1.95. The zero-order valence-electron chi connectivity index (χ0n) is 9.10. The predicted molar refractivity (Wildman–Crippen MR) is 63.0 cm³/mol. The first-order valence-corrected chi connectivity index (χ1v) is 5.01. The van der Waals surface area contributed by atoms with E-state index in [-0.39, 0.29) is 0 Å². The third-order valence-electron chi connectivity index (χ3n) is 2.72. The van der Waals surface area contributed by atoms with Crippen molar-refractivity contribution in [2.24, 2.45) is 7.05 Å². The second-order valence-electron chi connectivity index (χ2n) is 3.84. The molecule has 0 radical (unpaired) electrons. The highest BCUT2D eigenvalue weighted by molar-refractivity contribution is 6.00. The zero-order chi connectivity index (χ0) is 11.3. The predicted octanol–water partition coefficient (Wildman–Crippen LogP) is 1.41. The van der Waals surface area contributed by atoms with Gasteiger partial charge in [-0.15, -0.1) is 0 Å². The summed E-state index contributed by atoms with van der Waals surface area (Å²) in [6.45, 7) is 1.91. The van der Waals surface area contributed by atoms with Crippen molar-refractivity contribution in [3.8, 4) is 0 Å². The maximum Gasteiger partial charge on any atom is 0.201 e. The molecule has 1 aromatic carbocycles. The van der Waals surface area contributed by atoms with Gasteiger partial charge in [0.15, 0.2) is 0 Å². The van der Waals surface area contributed by atoms with Gasteiger partial charge in [0.1, 0.15) is 11.0 Å². The Kier molecular flexibility index (Phi) is 1.65. The molecule has 0 amide bonds. The number of nitrogen functional groups attached to an aromatic ring is 1. The number of imidazole rings is 1. The van der Waals surface area contributed by atoms with E-state index >= 15 is 0 Å². The van der Waals surface area contributed by atoms with Crippen LogP contribution in [0, 0.1) is 6.92 Å². The molecule has 16 heavy (non-hydrogen) atoms. The molecule has 0 aliphatic rings. The maximum atomic E-state index is 5.79. The van der Waals surface area contributed by atoms with Gasteiger partial charge in [-0.1, -0.05) is 0 Å². The van der Waals surface area contributed by atoms with Crippen molar-refractivity contribution < 1.29 is 0 Å². The van der Waals surface area contributed by atoms with E-state index < -0.39 is 0 Å². The number of hydrogen-bond donors (Lipinski definition) is 1. The van der Waals surface area contributed by atoms with Gasteiger partial charge in [-0.25, -0.2) is 9.97 Å². The van der Waals surface area contributed by atoms with Gasteiger partial charge in [0.2, 0.25) is 5.95 Å². The summed E-state index contributed by atoms with van der Waals surface area (Å²) in [5.74, 6) is 0.491. The molecule has 2 heterocycles. The van der Waals surface area contributed by atoms with Gasteiger partial charge in [0.05, 0.1) is 16.7 Å². The van der Waals surface area contributed by atoms with Gasteiger partial charge >= 0.3 is 0 Å². The highest BCUT2D eigenvalue weighted by Gasteiger charge is 2.09. The number of rotatable bonds is 0. The van der Waals surface area contributed by atoms with Crippen LogP contribution >= 0.6 is 0 Å². The molecule has 0 unspecified atom stereocenters. The quantitative estimate of drug-likeness (QED) is 0.614. The monoisotopic (exact) mass is 214 g/mol. The van der Waals surface area contributed by atoms with Gasteiger partial charge in [-0.2, -0.15) is 0 Å². The highest BCUT2D eigenvalue weighted by Crippen LogP contribution is 2.23. The van der Waals surface area contributed by atoms with Crippen LogP contribution in [0.4, 0.5) is 5.95 Å². The average molecular weight is 214 g/mol. The van der Waals surface area contributed by atoms with Crippen molar-refractivity contribution in [2.75, 3.05) is 5.73 Å². The fourth-order valence-electron chi connectivity index (χ4n) is 1.83. The summed E-state index contributed by atoms with van der Waals surface area (Å²) in [7, 11) is 1.89. The second kappa shape index (κ2) is 2.91. The molecule has 3 aromatic rings. The first-order valence-electron chi connectivity index (χ1n) is 5.01. The van der Waals surface area contributed by atoms with Crippen molar-refractivity contribution in [2.45, 2.75) is 6.92 Å². The minimum atomic E-state index is 0.491. The molecule has 3 rings (SSSR count). The normalized spacial score (nSPS) is 11.4. The van der Waals surface area contributed by atoms with E-state index in [1.807, 2.05) is 30.7 Å². The molecule has 0 atom stereocenters. The Morgan fingerprint density at radius 3 is 2.81 bits per heavy atom. The average Bonchev–Trinajstić information content (AvgIpc) is 2.56. The lowest BCUT2D eigenvalue weighted by Gasteiger charge is -1.99. The Morgan fingerprint density at radius 1 is 1.19 bits per heavy atom. The number of aryl methyl sites for hydroxylation is 2. The van der Waals surface area contributed by atoms with E-state index in [0.717, 1.165) is 27.8 Å². The van der Waals surface area contributed by atoms with Gasteiger partial charge in [0, 0.05) is 13.2 Å². The van der Waals surface area contributed by atoms with Crippen LogP contribution < -0.4 is 5.73 Å². The van der Waals surface area contributed by atoms with E-state index in [0.29, 0.717) is 5.95 Å². The third-order valence-corrected chi connectivity index (χ3v) is 2.72. The Bertz CT molecular complexity index is 698. The van der Waals surface area contributed by atoms with Crippen LogP contribution in [0.3, 0.4) is 0 Å². The zero-order valence-corrected chi connectivity index (χ0v) is 9.10. The van der Waals surface area contributed by atoms with E-state index in [1.54, 1.807) is 6.20 Å². The summed E-state index contributed by atoms with van der Waals surface area (Å²) in [4.78, 5) is 13.1. The number of anilines is 1. The van der Waals surface area contributed by atoms with E-state index in [9.17, 15) is 0 Å². The molecule has 2 N–H and O–H groups in total. The number of hydrogen-bond acceptors (Lipinski definition) is 4. The molecule has 0 saturated carbocycles. The molecule has 2 aromatic heterocycles. The molecule has 0 spiro atoms. The molecule has 0 saturated heterocycles. The molecule has 0 aliphatic heterocycles. The van der Waals surface area contributed by atoms with Crippen LogP contribution in [-0.4, -0.2) is 19.5 Å². The Labute approximate surface area is 91.9 Å². The summed E-state index contributed by atoms with van der Waals surface area (Å²) >= 11 is 0. The van der Waals surface area contributed by atoms with Crippen LogP contribution in [0.15, 0.2) is 18.3 Å². The van der Waals surface area contributed by atoms with Crippen LogP contribution in [0.1, 0.15) is 5.69 Å². The van der Waals surface area contributed by atoms with E-state index in [4.69, 9.17) is 5.73 Å². The fraction of sp³-hybridized carbons (Fsp3) is 0.182. The first kappa shape index (κ1) is 9.08. The summed E-state index contributed by atoms with van der Waals surface area (Å²) in [5, 5.41) is 0. The van der Waals surface area contributed by atoms with Gasteiger partial charge in [0.25, 0.3) is 0 Å². The molecule has 5 heteroatoms. The molecule has 0 bridgehead atoms. The van der Waals surface area contributed by atoms with Gasteiger partial charge in [-0.3, -0.25) is 4.98 Å². The van der Waals surface area contributed by atoms with Crippen LogP contribution in [0.25, 0.3) is 22.1 Å². The molecule has 0 aliphatic carbocycles. The number of benzene rings is 1. The van der Waals surface area contributed by atoms with E-state index in [2.05, 4.69) is 15.0 Å². The van der Waals surface area contributed by atoms with E-state index in [1.165, 1.54) is 0 Å². The Balaban J connectivity index is 2.57. The van der Waals surface area contributed by atoms with Gasteiger partial charge in [-0.05, 0) is 19.1 Å². The van der Waals surface area contributed by atoms with Crippen molar-refractivity contribution in [3.05, 3.63) is 24.0 Å². The lowest BCUT2D eigenvalue weighted by atomic mass is 10.2. The largest absolute Gasteiger partial charge is 0.369 e. The number of nitrogens with zero attached hydrogens (tertiary/aromatic N) is 4. The maximum absolute atomic E-state index is 5.79. The molecule has 0 fully saturated rings. The minimum absolute atomic E-state index is 0.491. The van der Waals surface area contributed by atoms with Crippen molar-refractivity contribution in [1.29, 1.82) is 0 Å². The van der Waals surface area contributed by atoms with Crippen LogP contribution in [0.2, 0.25) is 0 Å². The smallest absolute Gasteiger partial charge is 0.201 e. The number of nitrogens with two attached hydrogens (primary N) is 1. The minimum Gasteiger partial charge on any atom is -0.369 e. The van der Waals surface area contributed by atoms with Crippen molar-refractivity contribution in [3.63, 3.8) is 0 Å². The standard InChI is InChI=1S/C11H11N5/c1-6-5-13-7-3-4-8-10(9(7)14-6)15-11(12)16(8)2/h3-5H,1-2H3,(H2,12,15)/i11+1. The van der Waals surface area contributed by atoms with Crippen LogP contribution in [0.5, 0.6) is 0 Å². The first-order chi connectivity index (χ1) is 7.66. The Hall–Kier alpha value is -2.17. The fourth-order valence-corrected chi connectivity index (χ4v) is 1.83. The molecular formula is C11H11N5. The van der Waals surface area contributed by atoms with Crippen molar-refractivity contribution in [1.82, 2.24) is 19.5 Å². The second-order valence-corrected chi connectivity index (χ2v) is 3.84. The highest BCUT2D eigenvalue weighted by atomic mass is 15.3. The summed E-state index contributed by atoms with van der Waals surface area (Å²) in [6, 6.07) is 3.90. The van der Waals surface area contributed by atoms with Crippen molar-refractivity contribution >= 4 is 28.0 Å². The lowest BCUT2D eigenvalue weighted by molar-refractivity contribution is 0.965. The summed E-state index contributed by atoms with van der Waals surface area (Å²) in [6.07, 6.45) is 1.75. The summed E-state index contributed by atoms with van der Waals surface area (Å²) in [5.41, 5.74) is 10.1. The summed E-state index contributed by atoms with van der Waals surface area (Å²) < 4.78 is 1.85. The molecule has 80 valence electrons. The Morgan fingerprint density at radius 2 is 2.00 bits per heavy atom. The molecule has 5 nitrogen and oxygen atoms in total. The number of aromatic nitrogens is 4. The topological polar surface area (TPSA) is 69.6 Å². The number of fused-ring (bicyclic) bond motifs is 3. The van der Waals surface area contributed by atoms with Gasteiger partial charge < -0.3 is 10.3 Å². The van der Waals surface area contributed by atoms with Crippen LogP contribution in [-0.2, 0) is 7.05 Å². The SMILES string of the molecule is Cc1cnc2ccc3c(n[13c](N)n3C)c2n1. The molecular weight excluding hydrogens is 203 g/mol. The third kappa shape index (κ3) is 1.08.